The summed E-state index contributed by atoms with van der Waals surface area (Å²) in [4.78, 5) is 118. The molecule has 434 valence electrons. The average molecular weight is 1110 g/mol. The van der Waals surface area contributed by atoms with Crippen LogP contribution in [0.4, 0.5) is 4.79 Å². The highest BCUT2D eigenvalue weighted by Crippen LogP contribution is 2.14. The minimum atomic E-state index is -1.17. The van der Waals surface area contributed by atoms with Gasteiger partial charge in [-0.15, -0.1) is 24.8 Å². The number of hydrogen-bond donors (Lipinski definition) is 10. The summed E-state index contributed by atoms with van der Waals surface area (Å²) in [5.74, 6) is -6.71. The summed E-state index contributed by atoms with van der Waals surface area (Å²) in [6.07, 6.45) is 0.0837. The Bertz CT molecular complexity index is 1580. The number of ether oxygens (including phenoxy) is 5. The van der Waals surface area contributed by atoms with E-state index in [9.17, 15) is 52.7 Å². The number of amides is 3. The quantitative estimate of drug-likeness (QED) is 0.0504. The van der Waals surface area contributed by atoms with Crippen molar-refractivity contribution in [2.75, 3.05) is 0 Å². The Morgan fingerprint density at radius 3 is 0.945 bits per heavy atom. The fourth-order valence-electron chi connectivity index (χ4n) is 4.05. The third-order valence-electron chi connectivity index (χ3n) is 7.10. The number of hydrogen-bond acceptors (Lipinski definition) is 20. The molecule has 28 heteroatoms. The molecule has 0 spiro atoms. The van der Waals surface area contributed by atoms with E-state index in [0.717, 1.165) is 0 Å². The molecule has 0 aromatic heterocycles. The van der Waals surface area contributed by atoms with Crippen LogP contribution in [0.3, 0.4) is 0 Å². The predicted octanol–water partition coefficient (Wildman–Crippen LogP) is 3.12. The zero-order valence-electron chi connectivity index (χ0n) is 42.1. The molecule has 1 aliphatic rings. The van der Waals surface area contributed by atoms with Gasteiger partial charge in [0.05, 0.1) is 12.1 Å². The van der Waals surface area contributed by atoms with Gasteiger partial charge in [0.15, 0.2) is 0 Å². The molecule has 1 fully saturated rings. The predicted molar refractivity (Wildman–Crippen MR) is 276 cm³/mol. The Labute approximate surface area is 442 Å². The molecule has 1 saturated heterocycles. The number of primary amides is 2. The van der Waals surface area contributed by atoms with Crippen molar-refractivity contribution in [2.45, 2.75) is 222 Å². The van der Waals surface area contributed by atoms with Gasteiger partial charge in [-0.25, -0.2) is 9.59 Å². The SMILES string of the molecule is C.C.C.CC(C)(C)OC(=O)CC[C@@H]1NC(=O)OC1=O.CC(C)(C)OC(=O)CC[C@H](N)C(=O)O.CC(C)(C)OC(=O)CC[C@H](N)C(N)=O.CC(C)(C)OC(=O)CC[C@H](N)C(N)=O.Cl.Cl.N[C@@H](CCC(=O)O)C(=O)O. The molecule has 73 heavy (non-hydrogen) atoms. The normalized spacial score (nSPS) is 13.9. The lowest BCUT2D eigenvalue weighted by molar-refractivity contribution is -0.156. The number of esters is 5. The van der Waals surface area contributed by atoms with Gasteiger partial charge in [0, 0.05) is 32.1 Å². The van der Waals surface area contributed by atoms with Gasteiger partial charge in [0.2, 0.25) is 11.8 Å². The summed E-state index contributed by atoms with van der Waals surface area (Å²) >= 11 is 0. The molecule has 0 aromatic carbocycles. The molecule has 1 rings (SSSR count). The van der Waals surface area contributed by atoms with Crippen molar-refractivity contribution in [3.8, 4) is 0 Å². The summed E-state index contributed by atoms with van der Waals surface area (Å²) in [5.41, 5.74) is 28.7. The molecule has 0 bridgehead atoms. The Morgan fingerprint density at radius 1 is 0.493 bits per heavy atom. The Balaban J connectivity index is -0.0000000992. The largest absolute Gasteiger partial charge is 0.481 e. The lowest BCUT2D eigenvalue weighted by Crippen LogP contribution is -2.37. The smallest absolute Gasteiger partial charge is 0.415 e. The number of rotatable bonds is 19. The summed E-state index contributed by atoms with van der Waals surface area (Å²) in [7, 11) is 0. The second-order valence-electron chi connectivity index (χ2n) is 18.7. The first-order valence-electron chi connectivity index (χ1n) is 21.2. The van der Waals surface area contributed by atoms with Crippen molar-refractivity contribution in [1.29, 1.82) is 0 Å². The van der Waals surface area contributed by atoms with Gasteiger partial charge >= 0.3 is 53.8 Å². The number of alkyl carbamates (subject to hydrolysis) is 1. The van der Waals surface area contributed by atoms with Crippen LogP contribution < -0.4 is 39.7 Å². The second kappa shape index (κ2) is 42.0. The number of carboxylic acids is 3. The number of cyclic esters (lactones) is 2. The summed E-state index contributed by atoms with van der Waals surface area (Å²) in [6, 6.07) is -4.34. The van der Waals surface area contributed by atoms with Crippen molar-refractivity contribution in [3.63, 3.8) is 0 Å². The van der Waals surface area contributed by atoms with Crippen molar-refractivity contribution >= 4 is 90.5 Å². The number of carboxylic acid groups (broad SMARTS) is 3. The monoisotopic (exact) mass is 1100 g/mol. The standard InChI is InChI=1S/C10H15NO5.2C9H18N2O3.C9H17NO4.C5H9NO4.3CH4.2ClH/c1-10(2,3)16-7(12)5-4-6-8(13)15-9(14)11-6;2*1-9(2,3)14-7(12)5-4-6(10)8(11)13;1-9(2,3)14-7(11)5-4-6(10)8(12)13;6-3(5(9)10)1-2-4(7)8;;;;;/h6H,4-5H2,1-3H3,(H,11,14);2*6H,4-5,10H2,1-3H3,(H2,11,13);6H,4-5,10H2,1-3H3,(H,12,13);3H,1-2,6H2,(H,7,8)(H,9,10);3*1H4;2*1H/t4*6-;3-;;;;;/m00000...../s1. The third-order valence-corrected chi connectivity index (χ3v) is 7.10. The molecule has 1 aliphatic heterocycles. The molecule has 0 aromatic rings. The number of aliphatic carboxylic acids is 3. The summed E-state index contributed by atoms with van der Waals surface area (Å²) in [5, 5.41) is 27.0. The molecule has 0 radical (unpaired) electrons. The van der Waals surface area contributed by atoms with Crippen molar-refractivity contribution < 1.29 is 91.7 Å². The molecule has 16 N–H and O–H groups in total. The lowest BCUT2D eigenvalue weighted by atomic mass is 10.1. The Kier molecular flexibility index (Phi) is 50.2. The zero-order valence-corrected chi connectivity index (χ0v) is 43.7. The molecule has 0 aliphatic carbocycles. The van der Waals surface area contributed by atoms with Crippen LogP contribution in [0.5, 0.6) is 0 Å². The van der Waals surface area contributed by atoms with Crippen LogP contribution in [0.25, 0.3) is 0 Å². The van der Waals surface area contributed by atoms with Gasteiger partial charge in [0.1, 0.15) is 40.5 Å². The van der Waals surface area contributed by atoms with E-state index in [1.807, 2.05) is 0 Å². The zero-order chi connectivity index (χ0) is 54.6. The number of halogens is 2. The molecular formula is C45H91Cl2N7O19. The van der Waals surface area contributed by atoms with Gasteiger partial charge in [-0.3, -0.25) is 43.2 Å². The third kappa shape index (κ3) is 60.8. The minimum absolute atomic E-state index is 0. The first kappa shape index (κ1) is 87.3. The molecule has 0 unspecified atom stereocenters. The maximum Gasteiger partial charge on any atom is 0.415 e. The fraction of sp³-hybridized carbons (Fsp3) is 0.756. The highest BCUT2D eigenvalue weighted by molar-refractivity contribution is 5.95. The molecule has 26 nitrogen and oxygen atoms in total. The van der Waals surface area contributed by atoms with E-state index in [-0.39, 0.29) is 123 Å². The van der Waals surface area contributed by atoms with E-state index in [1.165, 1.54) is 0 Å². The van der Waals surface area contributed by atoms with Crippen LogP contribution in [0.1, 0.15) is 170 Å². The van der Waals surface area contributed by atoms with Crippen molar-refractivity contribution in [3.05, 3.63) is 0 Å². The first-order chi connectivity index (χ1) is 30.5. The lowest BCUT2D eigenvalue weighted by Gasteiger charge is -2.19. The maximum absolute atomic E-state index is 11.3. The Morgan fingerprint density at radius 2 is 0.740 bits per heavy atom. The fourth-order valence-corrected chi connectivity index (χ4v) is 4.05. The highest BCUT2D eigenvalue weighted by atomic mass is 35.5. The number of carbonyl (C=O) groups is 11. The minimum Gasteiger partial charge on any atom is -0.481 e. The van der Waals surface area contributed by atoms with Crippen LogP contribution in [-0.4, -0.2) is 134 Å². The van der Waals surface area contributed by atoms with E-state index in [0.29, 0.717) is 0 Å². The van der Waals surface area contributed by atoms with Crippen LogP contribution in [0, 0.1) is 0 Å². The average Bonchev–Trinajstić information content (AvgIpc) is 3.47. The first-order valence-corrected chi connectivity index (χ1v) is 21.2. The molecule has 1 heterocycles. The van der Waals surface area contributed by atoms with E-state index in [1.54, 1.807) is 83.1 Å². The van der Waals surface area contributed by atoms with E-state index in [2.05, 4.69) is 10.1 Å². The topological polar surface area (TPSA) is 463 Å². The van der Waals surface area contributed by atoms with Crippen molar-refractivity contribution in [2.24, 2.45) is 34.4 Å². The van der Waals surface area contributed by atoms with Gasteiger partial charge in [-0.1, -0.05) is 22.3 Å². The van der Waals surface area contributed by atoms with E-state index >= 15 is 0 Å². The summed E-state index contributed by atoms with van der Waals surface area (Å²) in [6.45, 7) is 21.2. The van der Waals surface area contributed by atoms with Gasteiger partial charge < -0.3 is 78.7 Å². The highest BCUT2D eigenvalue weighted by Gasteiger charge is 2.33. The number of carbonyl (C=O) groups excluding carboxylic acids is 8. The molecule has 5 atom stereocenters. The van der Waals surface area contributed by atoms with Crippen LogP contribution in [0.15, 0.2) is 0 Å². The Hall–Kier alpha value is -5.41. The van der Waals surface area contributed by atoms with Crippen molar-refractivity contribution in [1.82, 2.24) is 5.32 Å². The van der Waals surface area contributed by atoms with Crippen LogP contribution >= 0.6 is 24.8 Å². The molecule has 3 amide bonds. The number of nitrogens with one attached hydrogen (secondary N) is 1. The second-order valence-corrected chi connectivity index (χ2v) is 18.7. The summed E-state index contributed by atoms with van der Waals surface area (Å²) < 4.78 is 24.3. The maximum atomic E-state index is 11.3. The molecular weight excluding hydrogens is 1010 g/mol. The van der Waals surface area contributed by atoms with Crippen LogP contribution in [-0.2, 0) is 71.6 Å². The van der Waals surface area contributed by atoms with Crippen LogP contribution in [0.2, 0.25) is 0 Å². The van der Waals surface area contributed by atoms with Gasteiger partial charge in [0.25, 0.3) is 0 Å². The number of nitrogens with two attached hydrogens (primary N) is 6. The van der Waals surface area contributed by atoms with Gasteiger partial charge in [-0.05, 0) is 115 Å². The van der Waals surface area contributed by atoms with E-state index in [4.69, 9.17) is 68.7 Å². The van der Waals surface area contributed by atoms with Gasteiger partial charge in [-0.2, -0.15) is 0 Å². The molecule has 0 saturated carbocycles. The van der Waals surface area contributed by atoms with E-state index < -0.39 is 106 Å².